The molecule has 1 fully saturated rings. The van der Waals surface area contributed by atoms with Crippen molar-refractivity contribution in [2.45, 2.75) is 39.2 Å². The summed E-state index contributed by atoms with van der Waals surface area (Å²) in [5.74, 6) is 0. The zero-order valence-electron chi connectivity index (χ0n) is 13.1. The minimum Gasteiger partial charge on any atom is -0.319 e. The van der Waals surface area contributed by atoms with E-state index in [1.165, 1.54) is 36.0 Å². The maximum Gasteiger partial charge on any atom is 0.0413 e. The van der Waals surface area contributed by atoms with Crippen LogP contribution in [0.3, 0.4) is 0 Å². The van der Waals surface area contributed by atoms with E-state index in [4.69, 9.17) is 0 Å². The molecule has 2 heteroatoms. The third kappa shape index (κ3) is 2.70. The van der Waals surface area contributed by atoms with Gasteiger partial charge in [-0.2, -0.15) is 0 Å². The summed E-state index contributed by atoms with van der Waals surface area (Å²) in [5, 5.41) is 3.42. The van der Waals surface area contributed by atoms with Crippen molar-refractivity contribution in [1.82, 2.24) is 10.2 Å². The molecular formula is C17H28N2. The number of rotatable bonds is 5. The van der Waals surface area contributed by atoms with Gasteiger partial charge < -0.3 is 10.2 Å². The molecule has 0 amide bonds. The number of nitrogens with zero attached hydrogens (tertiary/aromatic N) is 1. The number of nitrogens with one attached hydrogen (secondary N) is 1. The van der Waals surface area contributed by atoms with Gasteiger partial charge in [-0.3, -0.25) is 0 Å². The van der Waals surface area contributed by atoms with Crippen LogP contribution in [0, 0.1) is 19.3 Å². The first-order chi connectivity index (χ1) is 9.00. The fourth-order valence-corrected chi connectivity index (χ4v) is 3.82. The second kappa shape index (κ2) is 5.64. The van der Waals surface area contributed by atoms with Gasteiger partial charge in [0.05, 0.1) is 0 Å². The van der Waals surface area contributed by atoms with Crippen LogP contribution in [0.1, 0.15) is 42.0 Å². The second-order valence-corrected chi connectivity index (χ2v) is 6.47. The second-order valence-electron chi connectivity index (χ2n) is 6.47. The highest BCUT2D eigenvalue weighted by molar-refractivity contribution is 5.34. The van der Waals surface area contributed by atoms with Crippen molar-refractivity contribution in [3.63, 3.8) is 0 Å². The smallest absolute Gasteiger partial charge is 0.0413 e. The number of aryl methyl sites for hydroxylation is 2. The Bertz CT molecular complexity index is 433. The molecule has 19 heavy (non-hydrogen) atoms. The van der Waals surface area contributed by atoms with Crippen LogP contribution >= 0.6 is 0 Å². The summed E-state index contributed by atoms with van der Waals surface area (Å²) in [6.07, 6.45) is 4.05. The molecule has 1 aliphatic carbocycles. The van der Waals surface area contributed by atoms with E-state index in [9.17, 15) is 0 Å². The van der Waals surface area contributed by atoms with Crippen molar-refractivity contribution in [3.8, 4) is 0 Å². The van der Waals surface area contributed by atoms with E-state index in [0.717, 1.165) is 6.54 Å². The normalized spacial score (nSPS) is 19.3. The SMILES string of the molecule is CNCC1(C(c2ccc(C)cc2C)N(C)C)CCC1. The summed E-state index contributed by atoms with van der Waals surface area (Å²) in [4.78, 5) is 2.41. The van der Waals surface area contributed by atoms with E-state index in [1.807, 2.05) is 0 Å². The molecule has 1 aromatic carbocycles. The summed E-state index contributed by atoms with van der Waals surface area (Å²) >= 11 is 0. The van der Waals surface area contributed by atoms with Gasteiger partial charge in [0.2, 0.25) is 0 Å². The van der Waals surface area contributed by atoms with Crippen LogP contribution < -0.4 is 5.32 Å². The zero-order chi connectivity index (χ0) is 14.0. The fourth-order valence-electron chi connectivity index (χ4n) is 3.82. The molecule has 0 spiro atoms. The Morgan fingerprint density at radius 3 is 2.37 bits per heavy atom. The lowest BCUT2D eigenvalue weighted by Gasteiger charge is -2.51. The number of benzene rings is 1. The third-order valence-corrected chi connectivity index (χ3v) is 4.69. The molecule has 2 rings (SSSR count). The summed E-state index contributed by atoms with van der Waals surface area (Å²) in [5.41, 5.74) is 4.71. The largest absolute Gasteiger partial charge is 0.319 e. The number of hydrogen-bond donors (Lipinski definition) is 1. The summed E-state index contributed by atoms with van der Waals surface area (Å²) in [6.45, 7) is 5.54. The topological polar surface area (TPSA) is 15.3 Å². The average Bonchev–Trinajstić information content (AvgIpc) is 2.28. The monoisotopic (exact) mass is 260 g/mol. The molecule has 1 aromatic rings. The molecule has 0 heterocycles. The van der Waals surface area contributed by atoms with Gasteiger partial charge in [0.25, 0.3) is 0 Å². The van der Waals surface area contributed by atoms with Crippen LogP contribution in [0.15, 0.2) is 18.2 Å². The molecule has 0 aromatic heterocycles. The van der Waals surface area contributed by atoms with Crippen LogP contribution in [-0.2, 0) is 0 Å². The molecular weight excluding hydrogens is 232 g/mol. The van der Waals surface area contributed by atoms with Gasteiger partial charge in [-0.25, -0.2) is 0 Å². The molecule has 0 aliphatic heterocycles. The molecule has 1 atom stereocenters. The van der Waals surface area contributed by atoms with Crippen LogP contribution in [0.4, 0.5) is 0 Å². The molecule has 1 aliphatic rings. The van der Waals surface area contributed by atoms with E-state index in [-0.39, 0.29) is 0 Å². The Hall–Kier alpha value is -0.860. The van der Waals surface area contributed by atoms with Gasteiger partial charge in [-0.1, -0.05) is 30.2 Å². The van der Waals surface area contributed by atoms with E-state index < -0.39 is 0 Å². The maximum absolute atomic E-state index is 3.42. The van der Waals surface area contributed by atoms with Gasteiger partial charge in [-0.05, 0) is 59.0 Å². The average molecular weight is 260 g/mol. The van der Waals surface area contributed by atoms with E-state index in [0.29, 0.717) is 11.5 Å². The van der Waals surface area contributed by atoms with Crippen molar-refractivity contribution in [1.29, 1.82) is 0 Å². The van der Waals surface area contributed by atoms with Crippen molar-refractivity contribution in [2.75, 3.05) is 27.7 Å². The minimum absolute atomic E-state index is 0.415. The quantitative estimate of drug-likeness (QED) is 0.874. The lowest BCUT2D eigenvalue weighted by Crippen LogP contribution is -2.48. The molecule has 106 valence electrons. The van der Waals surface area contributed by atoms with Gasteiger partial charge in [-0.15, -0.1) is 0 Å². The van der Waals surface area contributed by atoms with Crippen LogP contribution in [0.5, 0.6) is 0 Å². The van der Waals surface area contributed by atoms with E-state index in [2.05, 4.69) is 63.4 Å². The molecule has 1 N–H and O–H groups in total. The van der Waals surface area contributed by atoms with Crippen molar-refractivity contribution in [2.24, 2.45) is 5.41 Å². The highest BCUT2D eigenvalue weighted by atomic mass is 15.1. The van der Waals surface area contributed by atoms with Crippen LogP contribution in [-0.4, -0.2) is 32.6 Å². The summed E-state index contributed by atoms with van der Waals surface area (Å²) in [6, 6.07) is 7.43. The Morgan fingerprint density at radius 2 is 1.95 bits per heavy atom. The first-order valence-electron chi connectivity index (χ1n) is 7.38. The highest BCUT2D eigenvalue weighted by Gasteiger charge is 2.45. The van der Waals surface area contributed by atoms with Gasteiger partial charge >= 0.3 is 0 Å². The maximum atomic E-state index is 3.42. The Balaban J connectivity index is 2.39. The molecule has 0 saturated heterocycles. The predicted molar refractivity (Wildman–Crippen MR) is 82.6 cm³/mol. The summed E-state index contributed by atoms with van der Waals surface area (Å²) in [7, 11) is 6.52. The highest BCUT2D eigenvalue weighted by Crippen LogP contribution is 2.52. The lowest BCUT2D eigenvalue weighted by atomic mass is 9.61. The van der Waals surface area contributed by atoms with Gasteiger partial charge in [0.15, 0.2) is 0 Å². The molecule has 2 nitrogen and oxygen atoms in total. The van der Waals surface area contributed by atoms with Gasteiger partial charge in [0, 0.05) is 18.0 Å². The molecule has 1 unspecified atom stereocenters. The van der Waals surface area contributed by atoms with Crippen LogP contribution in [0.2, 0.25) is 0 Å². The van der Waals surface area contributed by atoms with E-state index in [1.54, 1.807) is 0 Å². The minimum atomic E-state index is 0.415. The van der Waals surface area contributed by atoms with Crippen LogP contribution in [0.25, 0.3) is 0 Å². The summed E-state index contributed by atoms with van der Waals surface area (Å²) < 4.78 is 0. The predicted octanol–water partition coefficient (Wildman–Crippen LogP) is 3.30. The van der Waals surface area contributed by atoms with Crippen molar-refractivity contribution in [3.05, 3.63) is 34.9 Å². The standard InChI is InChI=1S/C17H28N2/c1-13-7-8-15(14(2)11-13)16(19(4)5)17(12-18-3)9-6-10-17/h7-8,11,16,18H,6,9-10,12H2,1-5H3. The molecule has 0 bridgehead atoms. The van der Waals surface area contributed by atoms with E-state index >= 15 is 0 Å². The molecule has 1 saturated carbocycles. The Morgan fingerprint density at radius 1 is 1.26 bits per heavy atom. The third-order valence-electron chi connectivity index (χ3n) is 4.69. The zero-order valence-corrected chi connectivity index (χ0v) is 13.1. The Kier molecular flexibility index (Phi) is 4.32. The molecule has 0 radical (unpaired) electrons. The van der Waals surface area contributed by atoms with Crippen molar-refractivity contribution < 1.29 is 0 Å². The Labute approximate surface area is 118 Å². The van der Waals surface area contributed by atoms with Gasteiger partial charge in [0.1, 0.15) is 0 Å². The first kappa shape index (κ1) is 14.5. The first-order valence-corrected chi connectivity index (χ1v) is 7.38. The fraction of sp³-hybridized carbons (Fsp3) is 0.647. The number of hydrogen-bond acceptors (Lipinski definition) is 2. The van der Waals surface area contributed by atoms with Crippen molar-refractivity contribution >= 4 is 0 Å². The lowest BCUT2D eigenvalue weighted by molar-refractivity contribution is 0.0212.